The van der Waals surface area contributed by atoms with Crippen LogP contribution in [0.2, 0.25) is 5.02 Å². The summed E-state index contributed by atoms with van der Waals surface area (Å²) in [7, 11) is 0. The van der Waals surface area contributed by atoms with Gasteiger partial charge in [0, 0.05) is 47.8 Å². The van der Waals surface area contributed by atoms with Gasteiger partial charge in [-0.1, -0.05) is 23.7 Å². The fourth-order valence-electron chi connectivity index (χ4n) is 3.76. The minimum absolute atomic E-state index is 0.00250. The molecular weight excluding hydrogens is 398 g/mol. The van der Waals surface area contributed by atoms with Gasteiger partial charge in [0.05, 0.1) is 6.42 Å². The Kier molecular flexibility index (Phi) is 6.19. The summed E-state index contributed by atoms with van der Waals surface area (Å²) in [5.41, 5.74) is 2.66. The summed E-state index contributed by atoms with van der Waals surface area (Å²) in [5.74, 6) is 0.0442. The second-order valence-electron chi connectivity index (χ2n) is 7.57. The van der Waals surface area contributed by atoms with E-state index >= 15 is 0 Å². The molecule has 0 radical (unpaired) electrons. The number of carbonyl (C=O) groups is 2. The number of aromatic nitrogens is 1. The third kappa shape index (κ3) is 4.92. The van der Waals surface area contributed by atoms with E-state index in [1.54, 1.807) is 12.1 Å². The average Bonchev–Trinajstić information content (AvgIpc) is 3.30. The van der Waals surface area contributed by atoms with Crippen molar-refractivity contribution in [1.82, 2.24) is 14.8 Å². The van der Waals surface area contributed by atoms with Crippen LogP contribution in [0.4, 0.5) is 0 Å². The number of benzene rings is 2. The van der Waals surface area contributed by atoms with Crippen molar-refractivity contribution in [2.45, 2.75) is 25.3 Å². The number of nitrogens with one attached hydrogen (secondary N) is 1. The normalized spacial score (nSPS) is 14.5. The fraction of sp³-hybridized carbons (Fsp3) is 0.250. The summed E-state index contributed by atoms with van der Waals surface area (Å²) in [6, 6.07) is 19.0. The van der Waals surface area contributed by atoms with Gasteiger partial charge in [-0.2, -0.15) is 0 Å². The van der Waals surface area contributed by atoms with Gasteiger partial charge in [0.2, 0.25) is 5.91 Å². The lowest BCUT2D eigenvalue weighted by atomic mass is 10.0. The van der Waals surface area contributed by atoms with Crippen LogP contribution >= 0.6 is 11.6 Å². The lowest BCUT2D eigenvalue weighted by molar-refractivity contribution is -0.121. The van der Waals surface area contributed by atoms with Crippen LogP contribution < -0.4 is 5.32 Å². The van der Waals surface area contributed by atoms with E-state index < -0.39 is 0 Å². The number of amides is 2. The van der Waals surface area contributed by atoms with Crippen molar-refractivity contribution < 1.29 is 9.59 Å². The molecule has 154 valence electrons. The molecule has 1 N–H and O–H groups in total. The van der Waals surface area contributed by atoms with Crippen molar-refractivity contribution in [3.8, 4) is 5.69 Å². The first kappa shape index (κ1) is 20.2. The first-order chi connectivity index (χ1) is 14.6. The minimum atomic E-state index is 0.00250. The summed E-state index contributed by atoms with van der Waals surface area (Å²) < 4.78 is 2.01. The summed E-state index contributed by atoms with van der Waals surface area (Å²) in [5, 5.41) is 3.75. The fourth-order valence-corrected chi connectivity index (χ4v) is 3.88. The highest BCUT2D eigenvalue weighted by Crippen LogP contribution is 2.17. The Morgan fingerprint density at radius 1 is 0.933 bits per heavy atom. The van der Waals surface area contributed by atoms with E-state index in [2.05, 4.69) is 5.32 Å². The molecule has 2 aromatic carbocycles. The Labute approximate surface area is 181 Å². The number of nitrogens with zero attached hydrogens (tertiary/aromatic N) is 2. The molecule has 5 nitrogen and oxygen atoms in total. The van der Waals surface area contributed by atoms with E-state index in [1.165, 1.54) is 0 Å². The van der Waals surface area contributed by atoms with Crippen LogP contribution in [0.3, 0.4) is 0 Å². The predicted octanol–water partition coefficient (Wildman–Crippen LogP) is 4.09. The molecule has 0 atom stereocenters. The zero-order chi connectivity index (χ0) is 20.9. The molecule has 1 fully saturated rings. The second kappa shape index (κ2) is 9.18. The van der Waals surface area contributed by atoms with Gasteiger partial charge in [0.15, 0.2) is 0 Å². The molecule has 0 bridgehead atoms. The summed E-state index contributed by atoms with van der Waals surface area (Å²) in [6.45, 7) is 1.29. The average molecular weight is 422 g/mol. The van der Waals surface area contributed by atoms with Gasteiger partial charge in [0.25, 0.3) is 5.91 Å². The molecule has 0 spiro atoms. The maximum absolute atomic E-state index is 12.8. The first-order valence-electron chi connectivity index (χ1n) is 10.1. The van der Waals surface area contributed by atoms with Crippen LogP contribution in [0.25, 0.3) is 5.69 Å². The van der Waals surface area contributed by atoms with Crippen molar-refractivity contribution in [3.05, 3.63) is 89.2 Å². The number of hydrogen-bond donors (Lipinski definition) is 1. The van der Waals surface area contributed by atoms with Crippen LogP contribution in [0, 0.1) is 0 Å². The number of halogens is 1. The lowest BCUT2D eigenvalue weighted by Crippen LogP contribution is -2.46. The maximum atomic E-state index is 12.8. The molecule has 1 aromatic heterocycles. The van der Waals surface area contributed by atoms with Crippen LogP contribution in [0.15, 0.2) is 73.1 Å². The largest absolute Gasteiger partial charge is 0.353 e. The third-order valence-electron chi connectivity index (χ3n) is 5.44. The molecule has 6 heteroatoms. The monoisotopic (exact) mass is 421 g/mol. The molecule has 30 heavy (non-hydrogen) atoms. The Hall–Kier alpha value is -3.05. The SMILES string of the molecule is O=C(Cc1ccc(Cl)cc1)NC1CCN(C(=O)c2ccc(-n3cccc3)cc2)CC1. The molecule has 2 heterocycles. The van der Waals surface area contributed by atoms with Crippen LogP contribution in [0.1, 0.15) is 28.8 Å². The first-order valence-corrected chi connectivity index (χ1v) is 10.5. The Morgan fingerprint density at radius 2 is 1.57 bits per heavy atom. The Morgan fingerprint density at radius 3 is 2.20 bits per heavy atom. The van der Waals surface area contributed by atoms with E-state index in [9.17, 15) is 9.59 Å². The summed E-state index contributed by atoms with van der Waals surface area (Å²) in [4.78, 5) is 27.0. The highest BCUT2D eigenvalue weighted by molar-refractivity contribution is 6.30. The molecule has 1 saturated heterocycles. The molecule has 4 rings (SSSR count). The van der Waals surface area contributed by atoms with Gasteiger partial charge in [0.1, 0.15) is 0 Å². The van der Waals surface area contributed by atoms with E-state index in [0.717, 1.165) is 24.1 Å². The van der Waals surface area contributed by atoms with Gasteiger partial charge in [-0.15, -0.1) is 0 Å². The Balaban J connectivity index is 1.27. The number of piperidine rings is 1. The Bertz CT molecular complexity index is 990. The van der Waals surface area contributed by atoms with Crippen molar-refractivity contribution in [1.29, 1.82) is 0 Å². The van der Waals surface area contributed by atoms with E-state index in [1.807, 2.05) is 70.4 Å². The van der Waals surface area contributed by atoms with Crippen LogP contribution in [0.5, 0.6) is 0 Å². The lowest BCUT2D eigenvalue weighted by Gasteiger charge is -2.32. The van der Waals surface area contributed by atoms with E-state index in [0.29, 0.717) is 30.1 Å². The smallest absolute Gasteiger partial charge is 0.253 e. The molecule has 1 aliphatic heterocycles. The van der Waals surface area contributed by atoms with Gasteiger partial charge in [-0.25, -0.2) is 0 Å². The third-order valence-corrected chi connectivity index (χ3v) is 5.69. The zero-order valence-corrected chi connectivity index (χ0v) is 17.4. The highest BCUT2D eigenvalue weighted by atomic mass is 35.5. The zero-order valence-electron chi connectivity index (χ0n) is 16.6. The maximum Gasteiger partial charge on any atom is 0.253 e. The summed E-state index contributed by atoms with van der Waals surface area (Å²) in [6.07, 6.45) is 5.81. The number of hydrogen-bond acceptors (Lipinski definition) is 2. The molecule has 0 saturated carbocycles. The van der Waals surface area contributed by atoms with Gasteiger partial charge < -0.3 is 14.8 Å². The van der Waals surface area contributed by atoms with Gasteiger partial charge >= 0.3 is 0 Å². The molecule has 0 unspecified atom stereocenters. The van der Waals surface area contributed by atoms with E-state index in [4.69, 9.17) is 11.6 Å². The number of carbonyl (C=O) groups excluding carboxylic acids is 2. The van der Waals surface area contributed by atoms with Crippen molar-refractivity contribution in [2.75, 3.05) is 13.1 Å². The van der Waals surface area contributed by atoms with Crippen molar-refractivity contribution in [2.24, 2.45) is 0 Å². The molecule has 0 aliphatic carbocycles. The highest BCUT2D eigenvalue weighted by Gasteiger charge is 2.24. The van der Waals surface area contributed by atoms with E-state index in [-0.39, 0.29) is 17.9 Å². The van der Waals surface area contributed by atoms with Crippen molar-refractivity contribution >= 4 is 23.4 Å². The molecule has 3 aromatic rings. The van der Waals surface area contributed by atoms with Gasteiger partial charge in [-0.05, 0) is 66.9 Å². The molecule has 1 aliphatic rings. The van der Waals surface area contributed by atoms with Crippen molar-refractivity contribution in [3.63, 3.8) is 0 Å². The quantitative estimate of drug-likeness (QED) is 0.674. The standard InChI is InChI=1S/C24H24ClN3O2/c25-20-7-3-18(4-8-20)17-23(29)26-21-11-15-28(16-12-21)24(30)19-5-9-22(10-6-19)27-13-1-2-14-27/h1-10,13-14,21H,11-12,15-17H2,(H,26,29). The van der Waals surface area contributed by atoms with Gasteiger partial charge in [-0.3, -0.25) is 9.59 Å². The second-order valence-corrected chi connectivity index (χ2v) is 8.01. The molecular formula is C24H24ClN3O2. The molecule has 2 amide bonds. The topological polar surface area (TPSA) is 54.3 Å². The number of likely N-dealkylation sites (tertiary alicyclic amines) is 1. The summed E-state index contributed by atoms with van der Waals surface area (Å²) >= 11 is 5.88. The predicted molar refractivity (Wildman–Crippen MR) is 118 cm³/mol. The minimum Gasteiger partial charge on any atom is -0.353 e. The van der Waals surface area contributed by atoms with Crippen LogP contribution in [-0.2, 0) is 11.2 Å². The number of rotatable bonds is 5. The van der Waals surface area contributed by atoms with Crippen LogP contribution in [-0.4, -0.2) is 40.4 Å².